The molecule has 1 heterocycles. The second-order valence-corrected chi connectivity index (χ2v) is 4.13. The first kappa shape index (κ1) is 13.4. The maximum absolute atomic E-state index is 5.79. The van der Waals surface area contributed by atoms with E-state index in [1.54, 1.807) is 13.3 Å². The van der Waals surface area contributed by atoms with Crippen molar-refractivity contribution in [1.29, 1.82) is 0 Å². The molecule has 4 nitrogen and oxygen atoms in total. The number of benzene rings is 1. The van der Waals surface area contributed by atoms with E-state index in [1.165, 1.54) is 0 Å². The van der Waals surface area contributed by atoms with Gasteiger partial charge < -0.3 is 14.8 Å². The summed E-state index contributed by atoms with van der Waals surface area (Å²) in [7, 11) is 3.55. The molecule has 0 saturated heterocycles. The van der Waals surface area contributed by atoms with Crippen LogP contribution in [0.25, 0.3) is 0 Å². The molecule has 0 bridgehead atoms. The second kappa shape index (κ2) is 6.75. The summed E-state index contributed by atoms with van der Waals surface area (Å²) in [6, 6.07) is 11.7. The van der Waals surface area contributed by atoms with Crippen LogP contribution in [0.2, 0.25) is 0 Å². The van der Waals surface area contributed by atoms with Gasteiger partial charge in [-0.1, -0.05) is 12.1 Å². The lowest BCUT2D eigenvalue weighted by atomic mass is 10.2. The molecule has 0 atom stereocenters. The molecule has 0 unspecified atom stereocenters. The van der Waals surface area contributed by atoms with Crippen molar-refractivity contribution >= 4 is 0 Å². The third kappa shape index (κ3) is 3.69. The number of nitrogens with zero attached hydrogens (tertiary/aromatic N) is 1. The molecule has 1 aromatic carbocycles. The average Bonchev–Trinajstić information content (AvgIpc) is 2.47. The highest BCUT2D eigenvalue weighted by Gasteiger charge is 2.06. The maximum Gasteiger partial charge on any atom is 0.162 e. The van der Waals surface area contributed by atoms with Crippen molar-refractivity contribution in [3.05, 3.63) is 53.9 Å². The van der Waals surface area contributed by atoms with Crippen LogP contribution < -0.4 is 14.8 Å². The summed E-state index contributed by atoms with van der Waals surface area (Å²) < 4.78 is 11.1. The summed E-state index contributed by atoms with van der Waals surface area (Å²) in [6.07, 6.45) is 1.76. The third-order valence-corrected chi connectivity index (χ3v) is 2.71. The molecule has 19 heavy (non-hydrogen) atoms. The molecule has 0 aliphatic rings. The molecule has 0 fully saturated rings. The van der Waals surface area contributed by atoms with Crippen LogP contribution in [-0.2, 0) is 13.2 Å². The molecule has 0 aliphatic carbocycles. The van der Waals surface area contributed by atoms with Gasteiger partial charge in [-0.25, -0.2) is 0 Å². The van der Waals surface area contributed by atoms with Gasteiger partial charge in [-0.2, -0.15) is 0 Å². The van der Waals surface area contributed by atoms with Gasteiger partial charge in [-0.05, 0) is 36.9 Å². The Morgan fingerprint density at radius 2 is 2.05 bits per heavy atom. The molecule has 0 amide bonds. The number of pyridine rings is 1. The van der Waals surface area contributed by atoms with E-state index in [0.717, 1.165) is 29.3 Å². The van der Waals surface area contributed by atoms with E-state index in [1.807, 2.05) is 43.4 Å². The molecule has 4 heteroatoms. The lowest BCUT2D eigenvalue weighted by molar-refractivity contribution is 0.280. The Labute approximate surface area is 113 Å². The molecule has 2 aromatic rings. The summed E-state index contributed by atoms with van der Waals surface area (Å²) in [6.45, 7) is 1.23. The minimum Gasteiger partial charge on any atom is -0.493 e. The molecule has 0 saturated carbocycles. The molecule has 0 radical (unpaired) electrons. The van der Waals surface area contributed by atoms with Crippen LogP contribution in [0, 0.1) is 0 Å². The van der Waals surface area contributed by atoms with Crippen molar-refractivity contribution in [3.8, 4) is 11.5 Å². The number of nitrogens with one attached hydrogen (secondary N) is 1. The van der Waals surface area contributed by atoms with Crippen molar-refractivity contribution in [2.75, 3.05) is 14.2 Å². The van der Waals surface area contributed by atoms with Gasteiger partial charge in [0, 0.05) is 12.7 Å². The van der Waals surface area contributed by atoms with E-state index < -0.39 is 0 Å². The quantitative estimate of drug-likeness (QED) is 0.864. The molecule has 100 valence electrons. The Morgan fingerprint density at radius 1 is 1.16 bits per heavy atom. The highest BCUT2D eigenvalue weighted by Crippen LogP contribution is 2.28. The summed E-state index contributed by atoms with van der Waals surface area (Å²) in [5.74, 6) is 1.47. The molecular formula is C15H18N2O2. The fraction of sp³-hybridized carbons (Fsp3) is 0.267. The van der Waals surface area contributed by atoms with Gasteiger partial charge in [-0.3, -0.25) is 4.98 Å². The molecule has 2 rings (SSSR count). The first-order valence-corrected chi connectivity index (χ1v) is 6.17. The lowest BCUT2D eigenvalue weighted by Crippen LogP contribution is -2.06. The van der Waals surface area contributed by atoms with E-state index in [0.29, 0.717) is 6.61 Å². The molecule has 1 aromatic heterocycles. The van der Waals surface area contributed by atoms with Gasteiger partial charge in [0.1, 0.15) is 6.61 Å². The van der Waals surface area contributed by atoms with Gasteiger partial charge in [0.05, 0.1) is 12.8 Å². The van der Waals surface area contributed by atoms with Crippen LogP contribution >= 0.6 is 0 Å². The largest absolute Gasteiger partial charge is 0.493 e. The molecule has 0 spiro atoms. The van der Waals surface area contributed by atoms with E-state index >= 15 is 0 Å². The minimum absolute atomic E-state index is 0.431. The normalized spacial score (nSPS) is 10.2. The average molecular weight is 258 g/mol. The number of methoxy groups -OCH3 is 1. The van der Waals surface area contributed by atoms with E-state index in [9.17, 15) is 0 Å². The third-order valence-electron chi connectivity index (χ3n) is 2.71. The Balaban J connectivity index is 2.11. The standard InChI is InChI=1S/C15H18N2O2/c1-16-10-12-6-7-14(18-2)15(9-12)19-11-13-5-3-4-8-17-13/h3-9,16H,10-11H2,1-2H3. The van der Waals surface area contributed by atoms with Gasteiger partial charge in [0.25, 0.3) is 0 Å². The van der Waals surface area contributed by atoms with Gasteiger partial charge in [0.15, 0.2) is 11.5 Å². The minimum atomic E-state index is 0.431. The zero-order chi connectivity index (χ0) is 13.5. The Hall–Kier alpha value is -2.07. The summed E-state index contributed by atoms with van der Waals surface area (Å²) in [4.78, 5) is 4.23. The van der Waals surface area contributed by atoms with Crippen molar-refractivity contribution in [2.45, 2.75) is 13.2 Å². The lowest BCUT2D eigenvalue weighted by Gasteiger charge is -2.12. The Morgan fingerprint density at radius 3 is 2.74 bits per heavy atom. The fourth-order valence-corrected chi connectivity index (χ4v) is 1.78. The summed E-state index contributed by atoms with van der Waals surface area (Å²) in [5.41, 5.74) is 2.04. The van der Waals surface area contributed by atoms with Crippen LogP contribution in [0.1, 0.15) is 11.3 Å². The number of ether oxygens (including phenoxy) is 2. The van der Waals surface area contributed by atoms with Crippen molar-refractivity contribution in [3.63, 3.8) is 0 Å². The highest BCUT2D eigenvalue weighted by atomic mass is 16.5. The van der Waals surface area contributed by atoms with Crippen molar-refractivity contribution in [2.24, 2.45) is 0 Å². The number of hydrogen-bond acceptors (Lipinski definition) is 4. The van der Waals surface area contributed by atoms with Crippen LogP contribution in [0.15, 0.2) is 42.6 Å². The molecule has 0 aliphatic heterocycles. The maximum atomic E-state index is 5.79. The summed E-state index contributed by atoms with van der Waals surface area (Å²) >= 11 is 0. The molecule has 1 N–H and O–H groups in total. The number of aromatic nitrogens is 1. The fourth-order valence-electron chi connectivity index (χ4n) is 1.78. The van der Waals surface area contributed by atoms with Gasteiger partial charge in [-0.15, -0.1) is 0 Å². The Kier molecular flexibility index (Phi) is 4.75. The first-order chi connectivity index (χ1) is 9.33. The number of hydrogen-bond donors (Lipinski definition) is 1. The van der Waals surface area contributed by atoms with Crippen molar-refractivity contribution in [1.82, 2.24) is 10.3 Å². The SMILES string of the molecule is CNCc1ccc(OC)c(OCc2ccccn2)c1. The monoisotopic (exact) mass is 258 g/mol. The second-order valence-electron chi connectivity index (χ2n) is 4.13. The van der Waals surface area contributed by atoms with Crippen LogP contribution in [-0.4, -0.2) is 19.1 Å². The first-order valence-electron chi connectivity index (χ1n) is 6.17. The van der Waals surface area contributed by atoms with Gasteiger partial charge in [0.2, 0.25) is 0 Å². The molecular weight excluding hydrogens is 240 g/mol. The van der Waals surface area contributed by atoms with E-state index in [-0.39, 0.29) is 0 Å². The highest BCUT2D eigenvalue weighted by molar-refractivity contribution is 5.43. The van der Waals surface area contributed by atoms with Crippen LogP contribution in [0.4, 0.5) is 0 Å². The smallest absolute Gasteiger partial charge is 0.162 e. The van der Waals surface area contributed by atoms with E-state index in [2.05, 4.69) is 10.3 Å². The number of rotatable bonds is 6. The van der Waals surface area contributed by atoms with E-state index in [4.69, 9.17) is 9.47 Å². The van der Waals surface area contributed by atoms with Crippen LogP contribution in [0.3, 0.4) is 0 Å². The zero-order valence-electron chi connectivity index (χ0n) is 11.2. The summed E-state index contributed by atoms with van der Waals surface area (Å²) in [5, 5.41) is 3.11. The predicted octanol–water partition coefficient (Wildman–Crippen LogP) is 2.39. The van der Waals surface area contributed by atoms with Crippen molar-refractivity contribution < 1.29 is 9.47 Å². The Bertz CT molecular complexity index is 515. The zero-order valence-corrected chi connectivity index (χ0v) is 11.2. The van der Waals surface area contributed by atoms with Crippen LogP contribution in [0.5, 0.6) is 11.5 Å². The topological polar surface area (TPSA) is 43.4 Å². The predicted molar refractivity (Wildman–Crippen MR) is 74.3 cm³/mol. The van der Waals surface area contributed by atoms with Gasteiger partial charge >= 0.3 is 0 Å².